The summed E-state index contributed by atoms with van der Waals surface area (Å²) in [5.74, 6) is -0.119. The predicted octanol–water partition coefficient (Wildman–Crippen LogP) is 1.74. The largest absolute Gasteiger partial charge is 0.370 e. The number of nitrogens with one attached hydrogen (secondary N) is 1. The Bertz CT molecular complexity index is 395. The molecule has 4 nitrogen and oxygen atoms in total. The Kier molecular flexibility index (Phi) is 6.22. The van der Waals surface area contributed by atoms with E-state index in [1.165, 1.54) is 0 Å². The molecule has 1 unspecified atom stereocenters. The highest BCUT2D eigenvalue weighted by Crippen LogP contribution is 2.16. The standard InChI is InChI=1S/C13H17ClN2O2/c14-8-4-7-13(18)16-11(9-12(15)17)10-5-2-1-3-6-10/h1-3,5-6,11H,4,7-9H2,(H2,15,17)(H,16,18). The molecule has 1 aromatic rings. The minimum absolute atomic E-state index is 0.0939. The van der Waals surface area contributed by atoms with Gasteiger partial charge >= 0.3 is 0 Å². The maximum Gasteiger partial charge on any atom is 0.220 e. The number of halogens is 1. The van der Waals surface area contributed by atoms with Crippen molar-refractivity contribution in [2.45, 2.75) is 25.3 Å². The van der Waals surface area contributed by atoms with Gasteiger partial charge in [0.2, 0.25) is 11.8 Å². The summed E-state index contributed by atoms with van der Waals surface area (Å²) in [6.07, 6.45) is 1.06. The molecule has 2 amide bonds. The van der Waals surface area contributed by atoms with Gasteiger partial charge in [-0.25, -0.2) is 0 Å². The lowest BCUT2D eigenvalue weighted by Gasteiger charge is -2.17. The van der Waals surface area contributed by atoms with E-state index >= 15 is 0 Å². The Balaban J connectivity index is 2.67. The van der Waals surface area contributed by atoms with Crippen molar-refractivity contribution in [1.29, 1.82) is 0 Å². The van der Waals surface area contributed by atoms with Crippen LogP contribution in [0.15, 0.2) is 30.3 Å². The number of carbonyl (C=O) groups excluding carboxylic acids is 2. The molecular formula is C13H17ClN2O2. The molecule has 3 N–H and O–H groups in total. The summed E-state index contributed by atoms with van der Waals surface area (Å²) in [4.78, 5) is 22.7. The lowest BCUT2D eigenvalue weighted by atomic mass is 10.0. The maximum absolute atomic E-state index is 11.6. The Morgan fingerprint density at radius 3 is 2.50 bits per heavy atom. The summed E-state index contributed by atoms with van der Waals surface area (Å²) in [5, 5.41) is 2.80. The van der Waals surface area contributed by atoms with Gasteiger partial charge in [0.05, 0.1) is 12.5 Å². The normalized spacial score (nSPS) is 11.8. The van der Waals surface area contributed by atoms with Gasteiger partial charge in [-0.15, -0.1) is 11.6 Å². The number of benzene rings is 1. The number of carbonyl (C=O) groups is 2. The summed E-state index contributed by atoms with van der Waals surface area (Å²) in [6.45, 7) is 0. The fourth-order valence-electron chi connectivity index (χ4n) is 1.63. The fourth-order valence-corrected chi connectivity index (χ4v) is 1.77. The van der Waals surface area contributed by atoms with Crippen molar-refractivity contribution in [3.05, 3.63) is 35.9 Å². The summed E-state index contributed by atoms with van der Waals surface area (Å²) >= 11 is 5.53. The summed E-state index contributed by atoms with van der Waals surface area (Å²) < 4.78 is 0. The quantitative estimate of drug-likeness (QED) is 0.740. The van der Waals surface area contributed by atoms with Gasteiger partial charge in [0, 0.05) is 12.3 Å². The zero-order chi connectivity index (χ0) is 13.4. The van der Waals surface area contributed by atoms with Crippen molar-refractivity contribution in [3.8, 4) is 0 Å². The number of alkyl halides is 1. The molecule has 1 aromatic carbocycles. The van der Waals surface area contributed by atoms with E-state index in [-0.39, 0.29) is 18.4 Å². The molecule has 1 atom stereocenters. The number of hydrogen-bond acceptors (Lipinski definition) is 2. The average Bonchev–Trinajstić information content (AvgIpc) is 2.36. The van der Waals surface area contributed by atoms with E-state index in [0.29, 0.717) is 18.7 Å². The molecule has 18 heavy (non-hydrogen) atoms. The number of rotatable bonds is 7. The third-order valence-electron chi connectivity index (χ3n) is 2.48. The molecule has 0 aliphatic heterocycles. The number of amides is 2. The minimum Gasteiger partial charge on any atom is -0.370 e. The van der Waals surface area contributed by atoms with Gasteiger partial charge in [0.25, 0.3) is 0 Å². The SMILES string of the molecule is NC(=O)CC(NC(=O)CCCCl)c1ccccc1. The third-order valence-corrected chi connectivity index (χ3v) is 2.75. The third kappa shape index (κ3) is 5.19. The van der Waals surface area contributed by atoms with E-state index in [1.807, 2.05) is 30.3 Å². The van der Waals surface area contributed by atoms with Crippen LogP contribution in [0.25, 0.3) is 0 Å². The van der Waals surface area contributed by atoms with Crippen LogP contribution < -0.4 is 11.1 Å². The van der Waals surface area contributed by atoms with Crippen molar-refractivity contribution in [1.82, 2.24) is 5.32 Å². The first-order chi connectivity index (χ1) is 8.63. The van der Waals surface area contributed by atoms with Gasteiger partial charge in [0.1, 0.15) is 0 Å². The Morgan fingerprint density at radius 2 is 1.94 bits per heavy atom. The van der Waals surface area contributed by atoms with Crippen LogP contribution in [0.2, 0.25) is 0 Å². The second-order valence-electron chi connectivity index (χ2n) is 3.99. The van der Waals surface area contributed by atoms with E-state index < -0.39 is 5.91 Å². The summed E-state index contributed by atoms with van der Waals surface area (Å²) in [5.41, 5.74) is 6.07. The molecule has 0 aliphatic rings. The van der Waals surface area contributed by atoms with Crippen LogP contribution in [-0.2, 0) is 9.59 Å². The van der Waals surface area contributed by atoms with Crippen LogP contribution in [0.1, 0.15) is 30.9 Å². The molecule has 98 valence electrons. The summed E-state index contributed by atoms with van der Waals surface area (Å²) in [7, 11) is 0. The molecule has 0 bridgehead atoms. The first kappa shape index (κ1) is 14.5. The molecule has 0 fully saturated rings. The van der Waals surface area contributed by atoms with Crippen LogP contribution in [0.3, 0.4) is 0 Å². The van der Waals surface area contributed by atoms with E-state index in [1.54, 1.807) is 0 Å². The van der Waals surface area contributed by atoms with E-state index in [4.69, 9.17) is 17.3 Å². The van der Waals surface area contributed by atoms with E-state index in [9.17, 15) is 9.59 Å². The summed E-state index contributed by atoms with van der Waals surface area (Å²) in [6, 6.07) is 8.93. The Hall–Kier alpha value is -1.55. The molecule has 0 aliphatic carbocycles. The van der Waals surface area contributed by atoms with Gasteiger partial charge < -0.3 is 11.1 Å². The molecule has 0 saturated carbocycles. The minimum atomic E-state index is -0.443. The van der Waals surface area contributed by atoms with Crippen molar-refractivity contribution >= 4 is 23.4 Å². The zero-order valence-corrected chi connectivity index (χ0v) is 10.8. The topological polar surface area (TPSA) is 72.2 Å². The molecule has 0 spiro atoms. The Morgan fingerprint density at radius 1 is 1.28 bits per heavy atom. The second-order valence-corrected chi connectivity index (χ2v) is 4.37. The highest BCUT2D eigenvalue weighted by atomic mass is 35.5. The van der Waals surface area contributed by atoms with Gasteiger partial charge in [-0.05, 0) is 12.0 Å². The first-order valence-electron chi connectivity index (χ1n) is 5.82. The molecule has 0 saturated heterocycles. The predicted molar refractivity (Wildman–Crippen MR) is 71.1 cm³/mol. The smallest absolute Gasteiger partial charge is 0.220 e. The van der Waals surface area contributed by atoms with Gasteiger partial charge in [-0.2, -0.15) is 0 Å². The number of primary amides is 1. The second kappa shape index (κ2) is 7.71. The highest BCUT2D eigenvalue weighted by molar-refractivity contribution is 6.17. The zero-order valence-electron chi connectivity index (χ0n) is 10.1. The molecule has 0 radical (unpaired) electrons. The van der Waals surface area contributed by atoms with Crippen molar-refractivity contribution in [3.63, 3.8) is 0 Å². The van der Waals surface area contributed by atoms with Crippen molar-refractivity contribution in [2.75, 3.05) is 5.88 Å². The number of nitrogens with two attached hydrogens (primary N) is 1. The lowest BCUT2D eigenvalue weighted by molar-refractivity contribution is -0.122. The molecule has 0 heterocycles. The van der Waals surface area contributed by atoms with E-state index in [0.717, 1.165) is 5.56 Å². The van der Waals surface area contributed by atoms with Gasteiger partial charge in [0.15, 0.2) is 0 Å². The maximum atomic E-state index is 11.6. The average molecular weight is 269 g/mol. The molecule has 0 aromatic heterocycles. The highest BCUT2D eigenvalue weighted by Gasteiger charge is 2.16. The molecule has 5 heteroatoms. The first-order valence-corrected chi connectivity index (χ1v) is 6.35. The van der Waals surface area contributed by atoms with Gasteiger partial charge in [-0.3, -0.25) is 9.59 Å². The van der Waals surface area contributed by atoms with Crippen molar-refractivity contribution < 1.29 is 9.59 Å². The van der Waals surface area contributed by atoms with Crippen LogP contribution in [-0.4, -0.2) is 17.7 Å². The monoisotopic (exact) mass is 268 g/mol. The van der Waals surface area contributed by atoms with Crippen LogP contribution in [0.4, 0.5) is 0 Å². The van der Waals surface area contributed by atoms with Crippen LogP contribution in [0, 0.1) is 0 Å². The van der Waals surface area contributed by atoms with Crippen LogP contribution in [0.5, 0.6) is 0 Å². The van der Waals surface area contributed by atoms with Crippen LogP contribution >= 0.6 is 11.6 Å². The fraction of sp³-hybridized carbons (Fsp3) is 0.385. The van der Waals surface area contributed by atoms with Gasteiger partial charge in [-0.1, -0.05) is 30.3 Å². The van der Waals surface area contributed by atoms with Crippen molar-refractivity contribution in [2.24, 2.45) is 5.73 Å². The molecular weight excluding hydrogens is 252 g/mol. The molecule has 1 rings (SSSR count). The lowest BCUT2D eigenvalue weighted by Crippen LogP contribution is -2.31. The Labute approximate surface area is 112 Å². The number of hydrogen-bond donors (Lipinski definition) is 2. The van der Waals surface area contributed by atoms with E-state index in [2.05, 4.69) is 5.32 Å².